The van der Waals surface area contributed by atoms with Crippen molar-refractivity contribution in [3.63, 3.8) is 0 Å². The molecule has 0 amide bonds. The molecule has 0 aliphatic carbocycles. The van der Waals surface area contributed by atoms with E-state index in [1.54, 1.807) is 39.2 Å². The molecule has 4 heteroatoms. The second-order valence-electron chi connectivity index (χ2n) is 4.29. The van der Waals surface area contributed by atoms with E-state index in [0.29, 0.717) is 17.1 Å². The number of halogens is 1. The molecule has 1 unspecified atom stereocenters. The molecule has 0 radical (unpaired) electrons. The summed E-state index contributed by atoms with van der Waals surface area (Å²) < 4.78 is 25.1. The molecule has 0 saturated carbocycles. The Morgan fingerprint density at radius 1 is 1.29 bits per heavy atom. The van der Waals surface area contributed by atoms with Gasteiger partial charge < -0.3 is 15.2 Å². The highest BCUT2D eigenvalue weighted by molar-refractivity contribution is 5.44. The highest BCUT2D eigenvalue weighted by Crippen LogP contribution is 2.40. The van der Waals surface area contributed by atoms with Crippen LogP contribution in [0.2, 0.25) is 0 Å². The van der Waals surface area contributed by atoms with Crippen LogP contribution in [0.3, 0.4) is 0 Å². The third-order valence-corrected chi connectivity index (χ3v) is 3.07. The topological polar surface area (TPSA) is 44.5 Å². The van der Waals surface area contributed by atoms with Gasteiger partial charge in [-0.3, -0.25) is 0 Å². The highest BCUT2D eigenvalue weighted by atomic mass is 19.1. The van der Waals surface area contributed by atoms with Gasteiger partial charge in [0.15, 0.2) is 5.67 Å². The van der Waals surface area contributed by atoms with Crippen molar-refractivity contribution in [3.05, 3.63) is 23.8 Å². The molecular formula is C13H20FNO2. The molecule has 1 aromatic rings. The van der Waals surface area contributed by atoms with Gasteiger partial charge in [-0.2, -0.15) is 0 Å². The monoisotopic (exact) mass is 241 g/mol. The van der Waals surface area contributed by atoms with Crippen molar-refractivity contribution < 1.29 is 13.9 Å². The Hall–Kier alpha value is -1.29. The van der Waals surface area contributed by atoms with Gasteiger partial charge in [0.1, 0.15) is 11.5 Å². The Bertz CT molecular complexity index is 382. The van der Waals surface area contributed by atoms with Gasteiger partial charge >= 0.3 is 0 Å². The summed E-state index contributed by atoms with van der Waals surface area (Å²) in [5, 5.41) is 0. The number of alkyl halides is 1. The minimum atomic E-state index is -1.59. The molecular weight excluding hydrogens is 221 g/mol. The Kier molecular flexibility index (Phi) is 4.34. The van der Waals surface area contributed by atoms with Gasteiger partial charge in [0, 0.05) is 18.2 Å². The summed E-state index contributed by atoms with van der Waals surface area (Å²) in [6.07, 6.45) is 0. The van der Waals surface area contributed by atoms with Gasteiger partial charge in [-0.05, 0) is 18.1 Å². The van der Waals surface area contributed by atoms with E-state index < -0.39 is 5.67 Å². The van der Waals surface area contributed by atoms with Gasteiger partial charge in [-0.15, -0.1) is 0 Å². The minimum Gasteiger partial charge on any atom is -0.497 e. The van der Waals surface area contributed by atoms with Gasteiger partial charge in [0.05, 0.1) is 14.2 Å². The van der Waals surface area contributed by atoms with Gasteiger partial charge in [0.2, 0.25) is 0 Å². The zero-order valence-corrected chi connectivity index (χ0v) is 10.8. The van der Waals surface area contributed by atoms with E-state index in [4.69, 9.17) is 15.2 Å². The van der Waals surface area contributed by atoms with Crippen LogP contribution < -0.4 is 15.2 Å². The number of methoxy groups -OCH3 is 2. The summed E-state index contributed by atoms with van der Waals surface area (Å²) in [5.41, 5.74) is 4.46. The van der Waals surface area contributed by atoms with Crippen molar-refractivity contribution in [2.24, 2.45) is 11.7 Å². The van der Waals surface area contributed by atoms with Crippen LogP contribution in [-0.4, -0.2) is 20.8 Å². The number of nitrogens with two attached hydrogens (primary N) is 1. The van der Waals surface area contributed by atoms with Crippen molar-refractivity contribution in [1.29, 1.82) is 0 Å². The third kappa shape index (κ3) is 2.52. The lowest BCUT2D eigenvalue weighted by Gasteiger charge is -2.29. The van der Waals surface area contributed by atoms with E-state index in [9.17, 15) is 4.39 Å². The molecule has 0 saturated heterocycles. The fraction of sp³-hybridized carbons (Fsp3) is 0.538. The van der Waals surface area contributed by atoms with Crippen molar-refractivity contribution in [2.45, 2.75) is 19.5 Å². The molecule has 17 heavy (non-hydrogen) atoms. The zero-order chi connectivity index (χ0) is 13.1. The molecule has 0 aromatic heterocycles. The van der Waals surface area contributed by atoms with E-state index in [0.717, 1.165) is 0 Å². The van der Waals surface area contributed by atoms with Crippen molar-refractivity contribution in [2.75, 3.05) is 20.8 Å². The maximum absolute atomic E-state index is 14.8. The molecule has 0 fully saturated rings. The largest absolute Gasteiger partial charge is 0.497 e. The van der Waals surface area contributed by atoms with E-state index in [2.05, 4.69) is 0 Å². The molecule has 0 aliphatic heterocycles. The Morgan fingerprint density at radius 3 is 2.35 bits per heavy atom. The van der Waals surface area contributed by atoms with Crippen molar-refractivity contribution in [1.82, 2.24) is 0 Å². The van der Waals surface area contributed by atoms with Crippen LogP contribution in [0.4, 0.5) is 4.39 Å². The average molecular weight is 241 g/mol. The lowest BCUT2D eigenvalue weighted by molar-refractivity contribution is 0.105. The second-order valence-corrected chi connectivity index (χ2v) is 4.29. The van der Waals surface area contributed by atoms with Crippen molar-refractivity contribution >= 4 is 0 Å². The molecule has 0 spiro atoms. The molecule has 0 heterocycles. The quantitative estimate of drug-likeness (QED) is 0.861. The maximum Gasteiger partial charge on any atom is 0.153 e. The molecule has 1 aromatic carbocycles. The van der Waals surface area contributed by atoms with Crippen LogP contribution >= 0.6 is 0 Å². The first-order valence-corrected chi connectivity index (χ1v) is 5.61. The number of benzene rings is 1. The summed E-state index contributed by atoms with van der Waals surface area (Å²) in [5.74, 6) is 0.870. The first-order chi connectivity index (χ1) is 7.99. The molecule has 96 valence electrons. The highest BCUT2D eigenvalue weighted by Gasteiger charge is 2.37. The molecule has 0 aliphatic rings. The number of rotatable bonds is 5. The average Bonchev–Trinajstić information content (AvgIpc) is 2.36. The Morgan fingerprint density at radius 2 is 1.94 bits per heavy atom. The van der Waals surface area contributed by atoms with Crippen LogP contribution in [0, 0.1) is 5.92 Å². The van der Waals surface area contributed by atoms with Gasteiger partial charge in [0.25, 0.3) is 0 Å². The summed E-state index contributed by atoms with van der Waals surface area (Å²) in [4.78, 5) is 0. The van der Waals surface area contributed by atoms with Crippen LogP contribution in [-0.2, 0) is 5.67 Å². The molecule has 0 bridgehead atoms. The fourth-order valence-electron chi connectivity index (χ4n) is 1.80. The molecule has 1 rings (SSSR count). The number of hydrogen-bond acceptors (Lipinski definition) is 3. The molecule has 1 atom stereocenters. The summed E-state index contributed by atoms with van der Waals surface area (Å²) in [6, 6.07) is 5.05. The molecule has 2 N–H and O–H groups in total. The number of ether oxygens (including phenoxy) is 2. The van der Waals surface area contributed by atoms with Gasteiger partial charge in [-0.25, -0.2) is 4.39 Å². The standard InChI is InChI=1S/C13H20FNO2/c1-9(2)13(14,8-15)11-6-5-10(16-3)7-12(11)17-4/h5-7,9H,8,15H2,1-4H3. The van der Waals surface area contributed by atoms with Crippen molar-refractivity contribution in [3.8, 4) is 11.5 Å². The lowest BCUT2D eigenvalue weighted by Crippen LogP contribution is -2.36. The lowest BCUT2D eigenvalue weighted by atomic mass is 9.84. The second kappa shape index (κ2) is 5.36. The van der Waals surface area contributed by atoms with Crippen LogP contribution in [0.15, 0.2) is 18.2 Å². The smallest absolute Gasteiger partial charge is 0.153 e. The zero-order valence-electron chi connectivity index (χ0n) is 10.8. The Balaban J connectivity index is 3.29. The SMILES string of the molecule is COc1ccc(C(F)(CN)C(C)C)c(OC)c1. The van der Waals surface area contributed by atoms with Crippen LogP contribution in [0.25, 0.3) is 0 Å². The van der Waals surface area contributed by atoms with E-state index >= 15 is 0 Å². The third-order valence-electron chi connectivity index (χ3n) is 3.07. The first-order valence-electron chi connectivity index (χ1n) is 5.61. The Labute approximate surface area is 102 Å². The summed E-state index contributed by atoms with van der Waals surface area (Å²) in [7, 11) is 3.07. The summed E-state index contributed by atoms with van der Waals surface area (Å²) >= 11 is 0. The maximum atomic E-state index is 14.8. The first kappa shape index (κ1) is 13.8. The van der Waals surface area contributed by atoms with E-state index in [1.807, 2.05) is 0 Å². The van der Waals surface area contributed by atoms with Crippen LogP contribution in [0.1, 0.15) is 19.4 Å². The predicted octanol–water partition coefficient (Wildman–Crippen LogP) is 2.48. The fourth-order valence-corrected chi connectivity index (χ4v) is 1.80. The summed E-state index contributed by atoms with van der Waals surface area (Å²) in [6.45, 7) is 3.53. The van der Waals surface area contributed by atoms with E-state index in [1.165, 1.54) is 7.11 Å². The number of hydrogen-bond donors (Lipinski definition) is 1. The normalized spacial score (nSPS) is 14.5. The predicted molar refractivity (Wildman–Crippen MR) is 66.2 cm³/mol. The van der Waals surface area contributed by atoms with Gasteiger partial charge in [-0.1, -0.05) is 13.8 Å². The minimum absolute atomic E-state index is 0.0760. The molecule has 3 nitrogen and oxygen atoms in total. The van der Waals surface area contributed by atoms with Crippen LogP contribution in [0.5, 0.6) is 11.5 Å². The van der Waals surface area contributed by atoms with E-state index in [-0.39, 0.29) is 12.5 Å².